The van der Waals surface area contributed by atoms with E-state index in [2.05, 4.69) is 34.4 Å². The third kappa shape index (κ3) is 4.80. The van der Waals surface area contributed by atoms with Gasteiger partial charge in [0, 0.05) is 18.4 Å². The summed E-state index contributed by atoms with van der Waals surface area (Å²) < 4.78 is 12.9. The maximum atomic E-state index is 12.9. The summed E-state index contributed by atoms with van der Waals surface area (Å²) in [6, 6.07) is 7.39. The summed E-state index contributed by atoms with van der Waals surface area (Å²) in [6.07, 6.45) is 2.42. The Bertz CT molecular complexity index is 628. The topological polar surface area (TPSA) is 66.9 Å². The molecule has 0 saturated carbocycles. The normalized spacial score (nSPS) is 10.5. The van der Waals surface area contributed by atoms with Crippen molar-refractivity contribution in [2.45, 2.75) is 20.3 Å². The van der Waals surface area contributed by atoms with Crippen molar-refractivity contribution >= 4 is 17.5 Å². The molecule has 0 bridgehead atoms. The Kier molecular flexibility index (Phi) is 5.41. The van der Waals surface area contributed by atoms with Gasteiger partial charge in [-0.3, -0.25) is 4.79 Å². The fraction of sp³-hybridized carbons (Fsp3) is 0.312. The van der Waals surface area contributed by atoms with Crippen LogP contribution in [0.4, 0.5) is 16.0 Å². The van der Waals surface area contributed by atoms with Crippen molar-refractivity contribution in [3.63, 3.8) is 0 Å². The van der Waals surface area contributed by atoms with Crippen LogP contribution in [0.3, 0.4) is 0 Å². The average Bonchev–Trinajstić information content (AvgIpc) is 2.49. The zero-order valence-electron chi connectivity index (χ0n) is 12.6. The van der Waals surface area contributed by atoms with Crippen LogP contribution in [0.15, 0.2) is 36.5 Å². The van der Waals surface area contributed by atoms with Crippen molar-refractivity contribution in [1.29, 1.82) is 0 Å². The number of nitrogens with one attached hydrogen (secondary N) is 2. The first-order valence-corrected chi connectivity index (χ1v) is 7.18. The van der Waals surface area contributed by atoms with Crippen molar-refractivity contribution in [2.75, 3.05) is 11.9 Å². The second-order valence-corrected chi connectivity index (χ2v) is 5.34. The van der Waals surface area contributed by atoms with Gasteiger partial charge in [0.05, 0.1) is 0 Å². The highest BCUT2D eigenvalue weighted by molar-refractivity contribution is 5.92. The molecule has 2 rings (SSSR count). The molecule has 0 atom stereocenters. The number of benzene rings is 1. The second kappa shape index (κ2) is 7.49. The van der Waals surface area contributed by atoms with E-state index >= 15 is 0 Å². The minimum absolute atomic E-state index is 0.231. The van der Waals surface area contributed by atoms with Crippen LogP contribution in [0.25, 0.3) is 0 Å². The molecule has 1 aromatic heterocycles. The molecule has 0 saturated heterocycles. The Morgan fingerprint density at radius 1 is 1.23 bits per heavy atom. The summed E-state index contributed by atoms with van der Waals surface area (Å²) in [5.74, 6) is 0.277. The first kappa shape index (κ1) is 15.9. The van der Waals surface area contributed by atoms with E-state index in [0.717, 1.165) is 6.42 Å². The number of rotatable bonds is 6. The number of carbonyl (C=O) groups is 1. The Hall–Kier alpha value is -2.50. The predicted molar refractivity (Wildman–Crippen MR) is 83.5 cm³/mol. The lowest BCUT2D eigenvalue weighted by molar-refractivity contribution is 0.0947. The summed E-state index contributed by atoms with van der Waals surface area (Å²) >= 11 is 0. The summed E-state index contributed by atoms with van der Waals surface area (Å²) in [7, 11) is 0. The third-order valence-corrected chi connectivity index (χ3v) is 3.00. The Balaban J connectivity index is 2.00. The lowest BCUT2D eigenvalue weighted by Gasteiger charge is -2.08. The van der Waals surface area contributed by atoms with E-state index in [1.807, 2.05) is 0 Å². The number of aromatic nitrogens is 2. The minimum atomic E-state index is -0.315. The van der Waals surface area contributed by atoms with Gasteiger partial charge >= 0.3 is 0 Å². The second-order valence-electron chi connectivity index (χ2n) is 5.34. The minimum Gasteiger partial charge on any atom is -0.351 e. The van der Waals surface area contributed by atoms with E-state index in [4.69, 9.17) is 0 Å². The van der Waals surface area contributed by atoms with Gasteiger partial charge in [-0.25, -0.2) is 14.4 Å². The van der Waals surface area contributed by atoms with Crippen LogP contribution in [0, 0.1) is 11.7 Å². The Morgan fingerprint density at radius 3 is 2.64 bits per heavy atom. The van der Waals surface area contributed by atoms with Crippen molar-refractivity contribution in [3.05, 3.63) is 48.0 Å². The highest BCUT2D eigenvalue weighted by atomic mass is 19.1. The summed E-state index contributed by atoms with van der Waals surface area (Å²) in [6.45, 7) is 4.81. The van der Waals surface area contributed by atoms with Gasteiger partial charge in [0.1, 0.15) is 11.5 Å². The first-order valence-electron chi connectivity index (χ1n) is 7.18. The quantitative estimate of drug-likeness (QED) is 0.860. The molecule has 1 amide bonds. The van der Waals surface area contributed by atoms with Crippen molar-refractivity contribution < 1.29 is 9.18 Å². The lowest BCUT2D eigenvalue weighted by Crippen LogP contribution is -2.26. The molecule has 22 heavy (non-hydrogen) atoms. The van der Waals surface area contributed by atoms with E-state index in [1.165, 1.54) is 18.3 Å². The van der Waals surface area contributed by atoms with Gasteiger partial charge in [-0.15, -0.1) is 0 Å². The van der Waals surface area contributed by atoms with Crippen molar-refractivity contribution in [1.82, 2.24) is 15.3 Å². The van der Waals surface area contributed by atoms with E-state index in [1.54, 1.807) is 18.2 Å². The maximum Gasteiger partial charge on any atom is 0.270 e. The third-order valence-electron chi connectivity index (χ3n) is 3.00. The molecule has 0 aliphatic carbocycles. The number of hydrogen-bond donors (Lipinski definition) is 2. The van der Waals surface area contributed by atoms with E-state index in [-0.39, 0.29) is 11.7 Å². The van der Waals surface area contributed by atoms with Crippen LogP contribution >= 0.6 is 0 Å². The van der Waals surface area contributed by atoms with Crippen molar-refractivity contribution in [3.8, 4) is 0 Å². The standard InChI is InChI=1S/C16H19FN4O/c1-11(2)7-9-18-15(22)14-8-10-19-16(21-14)20-13-5-3-12(17)4-6-13/h3-6,8,10-11H,7,9H2,1-2H3,(H,18,22)(H,19,20,21). The van der Waals surface area contributed by atoms with Gasteiger partial charge in [0.15, 0.2) is 0 Å². The Labute approximate surface area is 129 Å². The van der Waals surface area contributed by atoms with Crippen LogP contribution in [0.2, 0.25) is 0 Å². The number of nitrogens with zero attached hydrogens (tertiary/aromatic N) is 2. The molecular formula is C16H19FN4O. The highest BCUT2D eigenvalue weighted by Gasteiger charge is 2.08. The molecule has 0 spiro atoms. The average molecular weight is 302 g/mol. The van der Waals surface area contributed by atoms with Gasteiger partial charge in [-0.1, -0.05) is 13.8 Å². The van der Waals surface area contributed by atoms with Crippen LogP contribution in [-0.4, -0.2) is 22.4 Å². The zero-order chi connectivity index (χ0) is 15.9. The number of halogens is 1. The smallest absolute Gasteiger partial charge is 0.270 e. The van der Waals surface area contributed by atoms with E-state index in [0.29, 0.717) is 29.8 Å². The lowest BCUT2D eigenvalue weighted by atomic mass is 10.1. The summed E-state index contributed by atoms with van der Waals surface area (Å²) in [5, 5.41) is 5.75. The van der Waals surface area contributed by atoms with Crippen LogP contribution in [-0.2, 0) is 0 Å². The van der Waals surface area contributed by atoms with Crippen LogP contribution in [0.5, 0.6) is 0 Å². The maximum absolute atomic E-state index is 12.9. The molecule has 0 aliphatic rings. The van der Waals surface area contributed by atoms with Gasteiger partial charge in [0.25, 0.3) is 5.91 Å². The summed E-state index contributed by atoms with van der Waals surface area (Å²) in [5.41, 5.74) is 0.946. The fourth-order valence-electron chi connectivity index (χ4n) is 1.77. The summed E-state index contributed by atoms with van der Waals surface area (Å²) in [4.78, 5) is 20.2. The molecule has 0 aliphatic heterocycles. The Morgan fingerprint density at radius 2 is 1.95 bits per heavy atom. The molecule has 1 aromatic carbocycles. The molecule has 5 nitrogen and oxygen atoms in total. The number of anilines is 2. The molecule has 0 unspecified atom stereocenters. The van der Waals surface area contributed by atoms with Gasteiger partial charge in [0.2, 0.25) is 5.95 Å². The molecule has 2 aromatic rings. The molecule has 116 valence electrons. The molecular weight excluding hydrogens is 283 g/mol. The van der Waals surface area contributed by atoms with Crippen LogP contribution < -0.4 is 10.6 Å². The van der Waals surface area contributed by atoms with E-state index in [9.17, 15) is 9.18 Å². The molecule has 0 radical (unpaired) electrons. The molecule has 0 fully saturated rings. The van der Waals surface area contributed by atoms with Gasteiger partial charge in [-0.2, -0.15) is 0 Å². The fourth-order valence-corrected chi connectivity index (χ4v) is 1.77. The SMILES string of the molecule is CC(C)CCNC(=O)c1ccnc(Nc2ccc(F)cc2)n1. The number of hydrogen-bond acceptors (Lipinski definition) is 4. The largest absolute Gasteiger partial charge is 0.351 e. The number of amides is 1. The highest BCUT2D eigenvalue weighted by Crippen LogP contribution is 2.13. The van der Waals surface area contributed by atoms with Gasteiger partial charge in [-0.05, 0) is 42.7 Å². The molecule has 1 heterocycles. The van der Waals surface area contributed by atoms with Crippen molar-refractivity contribution in [2.24, 2.45) is 5.92 Å². The van der Waals surface area contributed by atoms with E-state index < -0.39 is 0 Å². The van der Waals surface area contributed by atoms with Gasteiger partial charge < -0.3 is 10.6 Å². The number of carbonyl (C=O) groups excluding carboxylic acids is 1. The first-order chi connectivity index (χ1) is 10.5. The zero-order valence-corrected chi connectivity index (χ0v) is 12.6. The van der Waals surface area contributed by atoms with Crippen LogP contribution in [0.1, 0.15) is 30.8 Å². The molecule has 6 heteroatoms. The predicted octanol–water partition coefficient (Wildman–Crippen LogP) is 3.14. The molecule has 2 N–H and O–H groups in total. The monoisotopic (exact) mass is 302 g/mol.